The Kier molecular flexibility index (Phi) is 8.09. The lowest BCUT2D eigenvalue weighted by atomic mass is 10.1. The smallest absolute Gasteiger partial charge is 0.0632 e. The Morgan fingerprint density at radius 2 is 1.70 bits per heavy atom. The predicted molar refractivity (Wildman–Crippen MR) is 45.9 cm³/mol. The predicted octanol–water partition coefficient (Wildman–Crippen LogP) is -0.0951. The fraction of sp³-hybridized carbons (Fsp3) is 1.00. The van der Waals surface area contributed by atoms with Gasteiger partial charge in [-0.3, -0.25) is 0 Å². The van der Waals surface area contributed by atoms with Crippen LogP contribution in [0, 0.1) is 0 Å². The Morgan fingerprint density at radius 3 is 2.00 bits per heavy atom. The third-order valence-corrected chi connectivity index (χ3v) is 1.46. The monoisotopic (exact) mass is 188 g/mol. The lowest BCUT2D eigenvalue weighted by Gasteiger charge is -2.24. The molecule has 1 fully saturated rings. The molecule has 0 bridgehead atoms. The Morgan fingerprint density at radius 1 is 1.10 bits per heavy atom. The summed E-state index contributed by atoms with van der Waals surface area (Å²) >= 11 is 0. The molecule has 1 aliphatic heterocycles. The zero-order valence-electron chi connectivity index (χ0n) is 5.66. The Bertz CT molecular complexity index is 74.0. The summed E-state index contributed by atoms with van der Waals surface area (Å²) in [5.41, 5.74) is 11.1. The molecule has 64 valence electrons. The number of nitrogens with two attached hydrogens (primary N) is 2. The second kappa shape index (κ2) is 6.19. The molecule has 5 heteroatoms. The van der Waals surface area contributed by atoms with Crippen LogP contribution in [0.4, 0.5) is 0 Å². The zero-order chi connectivity index (χ0) is 5.98. The summed E-state index contributed by atoms with van der Waals surface area (Å²) in [6.45, 7) is 1.40. The molecule has 1 rings (SSSR count). The molecular formula is C5H14Cl2N2O. The first-order chi connectivity index (χ1) is 3.80. The maximum atomic E-state index is 5.57. The average molecular weight is 189 g/mol. The van der Waals surface area contributed by atoms with Crippen LogP contribution >= 0.6 is 24.8 Å². The van der Waals surface area contributed by atoms with Crippen LogP contribution in [-0.4, -0.2) is 25.3 Å². The molecule has 0 aromatic rings. The molecule has 0 unspecified atom stereocenters. The van der Waals surface area contributed by atoms with Gasteiger partial charge in [-0.25, -0.2) is 0 Å². The van der Waals surface area contributed by atoms with Gasteiger partial charge >= 0.3 is 0 Å². The van der Waals surface area contributed by atoms with Crippen molar-refractivity contribution in [1.82, 2.24) is 0 Å². The standard InChI is InChI=1S/C5H12N2O.2ClH/c6-4-1-2-8-3-5(4)7;;/h4-5H,1-3,6-7H2;2*1H/t4-,5-;;/m1../s1. The van der Waals surface area contributed by atoms with Gasteiger partial charge in [0.15, 0.2) is 0 Å². The quantitative estimate of drug-likeness (QED) is 0.559. The van der Waals surface area contributed by atoms with E-state index in [1.165, 1.54) is 0 Å². The summed E-state index contributed by atoms with van der Waals surface area (Å²) in [5, 5.41) is 0. The topological polar surface area (TPSA) is 61.3 Å². The van der Waals surface area contributed by atoms with Gasteiger partial charge in [-0.15, -0.1) is 24.8 Å². The van der Waals surface area contributed by atoms with Crippen LogP contribution in [-0.2, 0) is 4.74 Å². The van der Waals surface area contributed by atoms with Crippen molar-refractivity contribution < 1.29 is 4.74 Å². The van der Waals surface area contributed by atoms with Crippen LogP contribution in [0.15, 0.2) is 0 Å². The largest absolute Gasteiger partial charge is 0.380 e. The Hall–Kier alpha value is 0.460. The van der Waals surface area contributed by atoms with Crippen LogP contribution < -0.4 is 11.5 Å². The third-order valence-electron chi connectivity index (χ3n) is 1.46. The molecule has 0 amide bonds. The zero-order valence-corrected chi connectivity index (χ0v) is 7.29. The normalized spacial score (nSPS) is 31.8. The number of hydrogen-bond acceptors (Lipinski definition) is 3. The minimum Gasteiger partial charge on any atom is -0.380 e. The Labute approximate surface area is 73.3 Å². The van der Waals surface area contributed by atoms with Crippen molar-refractivity contribution in [2.24, 2.45) is 11.5 Å². The van der Waals surface area contributed by atoms with Gasteiger partial charge in [0.1, 0.15) is 0 Å². The highest BCUT2D eigenvalue weighted by atomic mass is 35.5. The maximum Gasteiger partial charge on any atom is 0.0632 e. The van der Waals surface area contributed by atoms with E-state index in [0.717, 1.165) is 13.0 Å². The van der Waals surface area contributed by atoms with Crippen molar-refractivity contribution in [3.63, 3.8) is 0 Å². The molecule has 2 atom stereocenters. The molecule has 0 radical (unpaired) electrons. The van der Waals surface area contributed by atoms with Crippen molar-refractivity contribution in [1.29, 1.82) is 0 Å². The summed E-state index contributed by atoms with van der Waals surface area (Å²) in [6, 6.07) is 0.215. The van der Waals surface area contributed by atoms with Gasteiger partial charge in [0.2, 0.25) is 0 Å². The highest BCUT2D eigenvalue weighted by Gasteiger charge is 2.17. The minimum absolute atomic E-state index is 0. The molecule has 1 aliphatic rings. The number of rotatable bonds is 0. The molecule has 3 nitrogen and oxygen atoms in total. The molecule has 1 saturated heterocycles. The van der Waals surface area contributed by atoms with Crippen LogP contribution in [0.3, 0.4) is 0 Å². The number of hydrogen-bond donors (Lipinski definition) is 2. The van der Waals surface area contributed by atoms with E-state index in [0.29, 0.717) is 6.61 Å². The third kappa shape index (κ3) is 3.58. The molecular weight excluding hydrogens is 175 g/mol. The molecule has 0 aromatic carbocycles. The van der Waals surface area contributed by atoms with Crippen LogP contribution in [0.5, 0.6) is 0 Å². The summed E-state index contributed by atoms with van der Waals surface area (Å²) in [6.07, 6.45) is 0.904. The van der Waals surface area contributed by atoms with E-state index in [-0.39, 0.29) is 36.9 Å². The molecule has 4 N–H and O–H groups in total. The lowest BCUT2D eigenvalue weighted by Crippen LogP contribution is -2.48. The molecule has 0 saturated carbocycles. The maximum absolute atomic E-state index is 5.57. The second-order valence-electron chi connectivity index (χ2n) is 2.19. The van der Waals surface area contributed by atoms with E-state index in [1.54, 1.807) is 0 Å². The SMILES string of the molecule is Cl.Cl.N[C@@H]1CCOC[C@H]1N. The molecule has 0 aliphatic carbocycles. The number of halogens is 2. The van der Waals surface area contributed by atoms with Gasteiger partial charge in [0.05, 0.1) is 6.61 Å². The van der Waals surface area contributed by atoms with Crippen molar-refractivity contribution in [2.75, 3.05) is 13.2 Å². The van der Waals surface area contributed by atoms with E-state index in [1.807, 2.05) is 0 Å². The average Bonchev–Trinajstić information content (AvgIpc) is 1.77. The fourth-order valence-electron chi connectivity index (χ4n) is 0.777. The van der Waals surface area contributed by atoms with Gasteiger partial charge in [-0.05, 0) is 6.42 Å². The molecule has 0 aromatic heterocycles. The second-order valence-corrected chi connectivity index (χ2v) is 2.19. The summed E-state index contributed by atoms with van der Waals surface area (Å²) in [4.78, 5) is 0. The van der Waals surface area contributed by atoms with Crippen LogP contribution in [0.1, 0.15) is 6.42 Å². The van der Waals surface area contributed by atoms with Crippen molar-refractivity contribution in [2.45, 2.75) is 18.5 Å². The summed E-state index contributed by atoms with van der Waals surface area (Å²) < 4.78 is 5.05. The molecule has 0 spiro atoms. The first kappa shape index (κ1) is 13.1. The van der Waals surface area contributed by atoms with E-state index < -0.39 is 0 Å². The van der Waals surface area contributed by atoms with Gasteiger partial charge in [0.25, 0.3) is 0 Å². The van der Waals surface area contributed by atoms with E-state index >= 15 is 0 Å². The van der Waals surface area contributed by atoms with Crippen LogP contribution in [0.2, 0.25) is 0 Å². The van der Waals surface area contributed by atoms with Crippen LogP contribution in [0.25, 0.3) is 0 Å². The first-order valence-corrected chi connectivity index (χ1v) is 2.89. The molecule has 10 heavy (non-hydrogen) atoms. The summed E-state index contributed by atoms with van der Waals surface area (Å²) in [7, 11) is 0. The minimum atomic E-state index is 0. The van der Waals surface area contributed by atoms with E-state index in [4.69, 9.17) is 16.2 Å². The van der Waals surface area contributed by atoms with Gasteiger partial charge in [-0.1, -0.05) is 0 Å². The highest BCUT2D eigenvalue weighted by molar-refractivity contribution is 5.85. The first-order valence-electron chi connectivity index (χ1n) is 2.89. The van der Waals surface area contributed by atoms with Crippen molar-refractivity contribution in [3.05, 3.63) is 0 Å². The lowest BCUT2D eigenvalue weighted by molar-refractivity contribution is 0.0711. The van der Waals surface area contributed by atoms with E-state index in [9.17, 15) is 0 Å². The summed E-state index contributed by atoms with van der Waals surface area (Å²) in [5.74, 6) is 0. The molecule has 1 heterocycles. The van der Waals surface area contributed by atoms with Gasteiger partial charge < -0.3 is 16.2 Å². The number of ether oxygens (including phenoxy) is 1. The highest BCUT2D eigenvalue weighted by Crippen LogP contribution is 2.01. The van der Waals surface area contributed by atoms with Gasteiger partial charge in [0, 0.05) is 18.7 Å². The van der Waals surface area contributed by atoms with E-state index in [2.05, 4.69) is 0 Å². The fourth-order valence-corrected chi connectivity index (χ4v) is 0.777. The Balaban J connectivity index is 0. The van der Waals surface area contributed by atoms with Gasteiger partial charge in [-0.2, -0.15) is 0 Å². The van der Waals surface area contributed by atoms with Crippen molar-refractivity contribution in [3.8, 4) is 0 Å². The van der Waals surface area contributed by atoms with Crippen molar-refractivity contribution >= 4 is 24.8 Å².